The first-order chi connectivity index (χ1) is 32.3. The van der Waals surface area contributed by atoms with Crippen molar-refractivity contribution in [3.63, 3.8) is 0 Å². The van der Waals surface area contributed by atoms with Crippen LogP contribution >= 0.6 is 0 Å². The minimum Gasteiger partial charge on any atom is -0.490 e. The average molecular weight is 940 g/mol. The van der Waals surface area contributed by atoms with Gasteiger partial charge in [0.15, 0.2) is 5.82 Å². The van der Waals surface area contributed by atoms with Crippen molar-refractivity contribution in [2.24, 2.45) is 0 Å². The molecule has 19 heteroatoms. The molecule has 5 aromatic rings. The number of aromatic amines is 1. The Morgan fingerprint density at radius 2 is 1.66 bits per heavy atom. The Labute approximate surface area is 384 Å². The standard InChI is InChI=1S/C48H48F3N7O8S/c49-30-14-19-57(26-30)67(63,64)55-40-11-10-39(50)43(44(40)51)45(60)38-24-53-46-37(38)21-28(23-52-46)27-4-7-32(8-5-27)65-34-2-1-3-35(22-34)66-33-15-17-56(18-16-33)31-6-9-36-29(20-31)25-58(48(36)62)41-12-13-42(59)54-47(41)61/h4-11,20-21,23-24,30,33-35,41,55H,1-3,12-19,22,25-26H2,(H,52,53)(H,54,59,61)/t30-,34-,35+,41?/m1/s1. The largest absolute Gasteiger partial charge is 0.490 e. The minimum absolute atomic E-state index is 0.00335. The van der Waals surface area contributed by atoms with Crippen LogP contribution in [0.25, 0.3) is 22.2 Å². The average Bonchev–Trinajstić information content (AvgIpc) is 4.05. The fourth-order valence-corrected chi connectivity index (χ4v) is 11.2. The minimum atomic E-state index is -4.37. The number of fused-ring (bicyclic) bond motifs is 2. The van der Waals surface area contributed by atoms with Crippen LogP contribution in [0.3, 0.4) is 0 Å². The SMILES string of the molecule is O=C1CCC(N2Cc3cc(N4CCC(O[C@H]5CCC[C@@H](Oc6ccc(-c7cnc8[nH]cc(C(=O)c9c(F)ccc(NS(=O)(=O)N%10CC[C@@H](F)C%10)c9F)c8c7)cc6)C5)CC4)ccc3C2=O)C(=O)N1. The number of amides is 3. The van der Waals surface area contributed by atoms with Gasteiger partial charge in [-0.1, -0.05) is 12.1 Å². The zero-order valence-electron chi connectivity index (χ0n) is 36.3. The smallest absolute Gasteiger partial charge is 0.301 e. The Bertz CT molecular complexity index is 2890. The van der Waals surface area contributed by atoms with Crippen LogP contribution in [-0.4, -0.2) is 108 Å². The highest BCUT2D eigenvalue weighted by Gasteiger charge is 2.40. The normalized spacial score (nSPS) is 22.9. The highest BCUT2D eigenvalue weighted by atomic mass is 32.2. The Balaban J connectivity index is 0.736. The molecule has 4 fully saturated rings. The van der Waals surface area contributed by atoms with E-state index < -0.39 is 63.5 Å². The number of hydrogen-bond acceptors (Lipinski definition) is 10. The van der Waals surface area contributed by atoms with Gasteiger partial charge in [0.05, 0.1) is 23.5 Å². The molecule has 0 spiro atoms. The number of carbonyl (C=O) groups is 4. The number of anilines is 2. The first kappa shape index (κ1) is 44.5. The second-order valence-electron chi connectivity index (χ2n) is 17.9. The summed E-state index contributed by atoms with van der Waals surface area (Å²) in [6.07, 6.45) is 7.49. The Hall–Kier alpha value is -6.31. The molecule has 3 N–H and O–H groups in total. The fourth-order valence-electron chi connectivity index (χ4n) is 9.96. The van der Waals surface area contributed by atoms with E-state index in [4.69, 9.17) is 9.47 Å². The number of pyridine rings is 1. The summed E-state index contributed by atoms with van der Waals surface area (Å²) in [5.41, 5.74) is 2.54. The maximum atomic E-state index is 15.8. The number of benzene rings is 3. The molecular formula is C48H48F3N7O8S. The van der Waals surface area contributed by atoms with Gasteiger partial charge in [0, 0.05) is 85.7 Å². The van der Waals surface area contributed by atoms with Crippen LogP contribution in [0.15, 0.2) is 73.1 Å². The number of ketones is 1. The van der Waals surface area contributed by atoms with Crippen LogP contribution in [0.4, 0.5) is 24.5 Å². The van der Waals surface area contributed by atoms with E-state index in [1.54, 1.807) is 17.2 Å². The molecule has 0 bridgehead atoms. The molecule has 10 rings (SSSR count). The van der Waals surface area contributed by atoms with E-state index in [0.29, 0.717) is 40.9 Å². The number of imide groups is 1. The zero-order chi connectivity index (χ0) is 46.6. The predicted molar refractivity (Wildman–Crippen MR) is 240 cm³/mol. The van der Waals surface area contributed by atoms with Gasteiger partial charge < -0.3 is 24.3 Å². The summed E-state index contributed by atoms with van der Waals surface area (Å²) in [7, 11) is -4.37. The van der Waals surface area contributed by atoms with Crippen molar-refractivity contribution in [1.29, 1.82) is 0 Å². The lowest BCUT2D eigenvalue weighted by atomic mass is 9.94. The number of ether oxygens (including phenoxy) is 2. The Kier molecular flexibility index (Phi) is 12.0. The van der Waals surface area contributed by atoms with Gasteiger partial charge >= 0.3 is 10.2 Å². The van der Waals surface area contributed by atoms with Crippen molar-refractivity contribution in [3.8, 4) is 16.9 Å². The van der Waals surface area contributed by atoms with Crippen molar-refractivity contribution in [3.05, 3.63) is 107 Å². The van der Waals surface area contributed by atoms with E-state index in [1.807, 2.05) is 47.2 Å². The van der Waals surface area contributed by atoms with Crippen molar-refractivity contribution >= 4 is 56.1 Å². The van der Waals surface area contributed by atoms with Crippen LogP contribution < -0.4 is 19.7 Å². The lowest BCUT2D eigenvalue weighted by Gasteiger charge is -2.37. The van der Waals surface area contributed by atoms with Gasteiger partial charge in [-0.25, -0.2) is 18.2 Å². The van der Waals surface area contributed by atoms with E-state index in [-0.39, 0.29) is 55.1 Å². The van der Waals surface area contributed by atoms with E-state index in [1.165, 1.54) is 6.20 Å². The molecule has 15 nitrogen and oxygen atoms in total. The number of alkyl halides is 1. The quantitative estimate of drug-likeness (QED) is 0.0914. The molecular weight excluding hydrogens is 892 g/mol. The first-order valence-corrected chi connectivity index (χ1v) is 24.1. The zero-order valence-corrected chi connectivity index (χ0v) is 37.1. The highest BCUT2D eigenvalue weighted by Crippen LogP contribution is 2.35. The van der Waals surface area contributed by atoms with E-state index in [9.17, 15) is 32.0 Å². The predicted octanol–water partition coefficient (Wildman–Crippen LogP) is 6.58. The Morgan fingerprint density at radius 3 is 2.42 bits per heavy atom. The molecule has 3 aromatic carbocycles. The molecule has 1 unspecified atom stereocenters. The molecule has 0 radical (unpaired) electrons. The maximum absolute atomic E-state index is 15.8. The maximum Gasteiger partial charge on any atom is 0.301 e. The first-order valence-electron chi connectivity index (χ1n) is 22.6. The van der Waals surface area contributed by atoms with E-state index >= 15 is 8.78 Å². The fraction of sp³-hybridized carbons (Fsp3) is 0.396. The molecule has 2 aromatic heterocycles. The van der Waals surface area contributed by atoms with Crippen LogP contribution in [-0.2, 0) is 31.1 Å². The molecule has 4 atom stereocenters. The van der Waals surface area contributed by atoms with Gasteiger partial charge in [-0.3, -0.25) is 29.2 Å². The number of hydrogen-bond donors (Lipinski definition) is 3. The number of halogens is 3. The Morgan fingerprint density at radius 1 is 0.866 bits per heavy atom. The molecule has 1 saturated carbocycles. The lowest BCUT2D eigenvalue weighted by molar-refractivity contribution is -0.136. The van der Waals surface area contributed by atoms with Gasteiger partial charge in [0.2, 0.25) is 17.6 Å². The molecule has 6 heterocycles. The molecule has 1 aliphatic carbocycles. The summed E-state index contributed by atoms with van der Waals surface area (Å²) in [4.78, 5) is 62.2. The van der Waals surface area contributed by atoms with Crippen molar-refractivity contribution in [1.82, 2.24) is 24.5 Å². The third-order valence-corrected chi connectivity index (χ3v) is 15.0. The number of piperidine rings is 2. The highest BCUT2D eigenvalue weighted by molar-refractivity contribution is 7.90. The second-order valence-corrected chi connectivity index (χ2v) is 19.6. The van der Waals surface area contributed by atoms with Crippen LogP contribution in [0.5, 0.6) is 5.75 Å². The summed E-state index contributed by atoms with van der Waals surface area (Å²) in [5.74, 6) is -3.83. The van der Waals surface area contributed by atoms with Gasteiger partial charge in [-0.05, 0) is 105 Å². The third-order valence-electron chi connectivity index (χ3n) is 13.5. The van der Waals surface area contributed by atoms with Crippen LogP contribution in [0.2, 0.25) is 0 Å². The number of aromatic nitrogens is 2. The third kappa shape index (κ3) is 8.99. The van der Waals surface area contributed by atoms with Gasteiger partial charge in [-0.2, -0.15) is 12.7 Å². The second kappa shape index (κ2) is 18.1. The number of nitrogens with zero attached hydrogens (tertiary/aromatic N) is 4. The molecule has 67 heavy (non-hydrogen) atoms. The van der Waals surface area contributed by atoms with Gasteiger partial charge in [0.1, 0.15) is 35.5 Å². The van der Waals surface area contributed by atoms with Crippen molar-refractivity contribution < 1.29 is 50.2 Å². The number of H-pyrrole nitrogens is 1. The van der Waals surface area contributed by atoms with Crippen LogP contribution in [0.1, 0.15) is 89.6 Å². The summed E-state index contributed by atoms with van der Waals surface area (Å²) >= 11 is 0. The molecule has 4 aliphatic heterocycles. The topological polar surface area (TPSA) is 183 Å². The summed E-state index contributed by atoms with van der Waals surface area (Å²) in [6.45, 7) is 1.45. The summed E-state index contributed by atoms with van der Waals surface area (Å²) in [6, 6.07) is 16.0. The van der Waals surface area contributed by atoms with E-state index in [2.05, 4.69) is 20.2 Å². The molecule has 5 aliphatic rings. The molecule has 3 saturated heterocycles. The summed E-state index contributed by atoms with van der Waals surface area (Å²) in [5, 5.41) is 2.66. The van der Waals surface area contributed by atoms with Crippen molar-refractivity contribution in [2.75, 3.05) is 35.8 Å². The number of rotatable bonds is 12. The van der Waals surface area contributed by atoms with Crippen LogP contribution in [0, 0.1) is 11.6 Å². The van der Waals surface area contributed by atoms with E-state index in [0.717, 1.165) is 84.9 Å². The monoisotopic (exact) mass is 939 g/mol. The van der Waals surface area contributed by atoms with Gasteiger partial charge in [0.25, 0.3) is 5.91 Å². The number of carbonyl (C=O) groups excluding carboxylic acids is 4. The van der Waals surface area contributed by atoms with Crippen molar-refractivity contribution in [2.45, 2.75) is 94.9 Å². The number of nitrogens with one attached hydrogen (secondary N) is 3. The van der Waals surface area contributed by atoms with Gasteiger partial charge in [-0.15, -0.1) is 0 Å². The lowest BCUT2D eigenvalue weighted by Crippen LogP contribution is -2.52. The molecule has 3 amide bonds. The molecule has 350 valence electrons. The summed E-state index contributed by atoms with van der Waals surface area (Å²) < 4.78 is 86.2.